The van der Waals surface area contributed by atoms with E-state index in [2.05, 4.69) is 19.6 Å². The number of nitriles is 1. The number of rotatable bonds is 3. The van der Waals surface area contributed by atoms with Crippen molar-refractivity contribution >= 4 is 0 Å². The number of nitrogens with zero attached hydrogens (tertiary/aromatic N) is 1. The van der Waals surface area contributed by atoms with Crippen molar-refractivity contribution in [3.05, 3.63) is 12.7 Å². The van der Waals surface area contributed by atoms with Crippen LogP contribution in [-0.4, -0.2) is 0 Å². The fourth-order valence-corrected chi connectivity index (χ4v) is 0.723. The van der Waals surface area contributed by atoms with Crippen LogP contribution in [0, 0.1) is 16.7 Å². The minimum atomic E-state index is -0.297. The predicted octanol–water partition coefficient (Wildman–Crippen LogP) is 2.50. The molecule has 0 spiro atoms. The van der Waals surface area contributed by atoms with E-state index in [-0.39, 0.29) is 5.41 Å². The molecule has 0 saturated heterocycles. The van der Waals surface area contributed by atoms with Crippen LogP contribution in [0.4, 0.5) is 0 Å². The zero-order valence-corrected chi connectivity index (χ0v) is 6.15. The molecule has 50 valence electrons. The Balaban J connectivity index is 3.96. The van der Waals surface area contributed by atoms with E-state index in [0.29, 0.717) is 0 Å². The molecule has 0 heterocycles. The maximum absolute atomic E-state index is 8.60. The molecule has 0 aliphatic heterocycles. The Morgan fingerprint density at radius 2 is 2.33 bits per heavy atom. The molecule has 0 N–H and O–H groups in total. The van der Waals surface area contributed by atoms with Crippen molar-refractivity contribution < 1.29 is 0 Å². The lowest BCUT2D eigenvalue weighted by Crippen LogP contribution is -2.07. The van der Waals surface area contributed by atoms with Crippen LogP contribution in [0.15, 0.2) is 12.7 Å². The molecule has 1 unspecified atom stereocenters. The molecule has 1 heteroatoms. The molecule has 1 atom stereocenters. The van der Waals surface area contributed by atoms with Gasteiger partial charge in [-0.1, -0.05) is 19.4 Å². The van der Waals surface area contributed by atoms with Gasteiger partial charge in [0.2, 0.25) is 0 Å². The zero-order valence-electron chi connectivity index (χ0n) is 6.15. The Labute approximate surface area is 57.0 Å². The Morgan fingerprint density at radius 1 is 1.78 bits per heavy atom. The van der Waals surface area contributed by atoms with Crippen molar-refractivity contribution in [1.82, 2.24) is 0 Å². The largest absolute Gasteiger partial charge is 0.197 e. The SMILES string of the molecule is C=CC(C)(C#N)CCC. The van der Waals surface area contributed by atoms with Crippen LogP contribution in [0.2, 0.25) is 0 Å². The third kappa shape index (κ3) is 2.32. The molecule has 9 heavy (non-hydrogen) atoms. The standard InChI is InChI=1S/C8H13N/c1-4-6-8(3,5-2)7-9/h5H,2,4,6H2,1,3H3. The Bertz CT molecular complexity index is 132. The second kappa shape index (κ2) is 3.29. The fourth-order valence-electron chi connectivity index (χ4n) is 0.723. The van der Waals surface area contributed by atoms with Gasteiger partial charge in [0.25, 0.3) is 0 Å². The van der Waals surface area contributed by atoms with Crippen LogP contribution in [0.3, 0.4) is 0 Å². The second-order valence-corrected chi connectivity index (χ2v) is 2.48. The highest BCUT2D eigenvalue weighted by molar-refractivity contribution is 5.06. The lowest BCUT2D eigenvalue weighted by Gasteiger charge is -2.13. The van der Waals surface area contributed by atoms with Gasteiger partial charge in [-0.15, -0.1) is 6.58 Å². The van der Waals surface area contributed by atoms with E-state index in [1.165, 1.54) is 0 Å². The van der Waals surface area contributed by atoms with Crippen LogP contribution in [0.5, 0.6) is 0 Å². The molecular weight excluding hydrogens is 110 g/mol. The molecule has 0 saturated carbocycles. The molecule has 0 bridgehead atoms. The molecule has 0 aliphatic rings. The maximum Gasteiger partial charge on any atom is 0.0728 e. The van der Waals surface area contributed by atoms with Crippen LogP contribution in [0.25, 0.3) is 0 Å². The summed E-state index contributed by atoms with van der Waals surface area (Å²) in [6, 6.07) is 2.21. The summed E-state index contributed by atoms with van der Waals surface area (Å²) in [4.78, 5) is 0. The Hall–Kier alpha value is -0.770. The third-order valence-electron chi connectivity index (χ3n) is 1.48. The summed E-state index contributed by atoms with van der Waals surface area (Å²) in [7, 11) is 0. The fraction of sp³-hybridized carbons (Fsp3) is 0.625. The van der Waals surface area contributed by atoms with E-state index in [1.807, 2.05) is 6.92 Å². The van der Waals surface area contributed by atoms with E-state index in [1.54, 1.807) is 6.08 Å². The molecule has 0 aromatic heterocycles. The molecule has 1 nitrogen and oxygen atoms in total. The molecule has 0 aliphatic carbocycles. The zero-order chi connectivity index (χ0) is 7.33. The first-order valence-corrected chi connectivity index (χ1v) is 3.23. The highest BCUT2D eigenvalue weighted by atomic mass is 14.3. The van der Waals surface area contributed by atoms with E-state index >= 15 is 0 Å². The number of allylic oxidation sites excluding steroid dienone is 1. The summed E-state index contributed by atoms with van der Waals surface area (Å²) in [6.45, 7) is 7.57. The first kappa shape index (κ1) is 8.23. The normalized spacial score (nSPS) is 15.7. The van der Waals surface area contributed by atoms with E-state index in [9.17, 15) is 0 Å². The highest BCUT2D eigenvalue weighted by Crippen LogP contribution is 2.22. The van der Waals surface area contributed by atoms with Crippen molar-refractivity contribution in [2.75, 3.05) is 0 Å². The van der Waals surface area contributed by atoms with E-state index < -0.39 is 0 Å². The van der Waals surface area contributed by atoms with Crippen molar-refractivity contribution in [1.29, 1.82) is 5.26 Å². The van der Waals surface area contributed by atoms with Crippen LogP contribution < -0.4 is 0 Å². The summed E-state index contributed by atoms with van der Waals surface area (Å²) < 4.78 is 0. The van der Waals surface area contributed by atoms with Crippen molar-refractivity contribution in [2.45, 2.75) is 26.7 Å². The van der Waals surface area contributed by atoms with Crippen molar-refractivity contribution in [3.8, 4) is 6.07 Å². The first-order valence-electron chi connectivity index (χ1n) is 3.23. The van der Waals surface area contributed by atoms with Crippen LogP contribution >= 0.6 is 0 Å². The smallest absolute Gasteiger partial charge is 0.0728 e. The van der Waals surface area contributed by atoms with Gasteiger partial charge in [0, 0.05) is 0 Å². The van der Waals surface area contributed by atoms with Gasteiger partial charge in [-0.25, -0.2) is 0 Å². The maximum atomic E-state index is 8.60. The third-order valence-corrected chi connectivity index (χ3v) is 1.48. The number of hydrogen-bond acceptors (Lipinski definition) is 1. The van der Waals surface area contributed by atoms with E-state index in [0.717, 1.165) is 12.8 Å². The molecule has 0 radical (unpaired) electrons. The van der Waals surface area contributed by atoms with E-state index in [4.69, 9.17) is 5.26 Å². The average Bonchev–Trinajstić information content (AvgIpc) is 1.89. The molecule has 0 aromatic carbocycles. The van der Waals surface area contributed by atoms with Gasteiger partial charge in [0.15, 0.2) is 0 Å². The molecular formula is C8H13N. The van der Waals surface area contributed by atoms with Gasteiger partial charge in [0.05, 0.1) is 11.5 Å². The van der Waals surface area contributed by atoms with Gasteiger partial charge >= 0.3 is 0 Å². The highest BCUT2D eigenvalue weighted by Gasteiger charge is 2.16. The van der Waals surface area contributed by atoms with Crippen molar-refractivity contribution in [3.63, 3.8) is 0 Å². The molecule has 0 amide bonds. The first-order chi connectivity index (χ1) is 4.18. The minimum Gasteiger partial charge on any atom is -0.197 e. The monoisotopic (exact) mass is 123 g/mol. The quantitative estimate of drug-likeness (QED) is 0.529. The van der Waals surface area contributed by atoms with Crippen molar-refractivity contribution in [2.24, 2.45) is 5.41 Å². The van der Waals surface area contributed by atoms with Gasteiger partial charge in [-0.3, -0.25) is 0 Å². The number of hydrogen-bond donors (Lipinski definition) is 0. The van der Waals surface area contributed by atoms with Crippen LogP contribution in [0.1, 0.15) is 26.7 Å². The summed E-state index contributed by atoms with van der Waals surface area (Å²) in [5, 5.41) is 8.60. The lowest BCUT2D eigenvalue weighted by atomic mass is 9.88. The van der Waals surface area contributed by atoms with Gasteiger partial charge in [-0.05, 0) is 13.3 Å². The summed E-state index contributed by atoms with van der Waals surface area (Å²) >= 11 is 0. The average molecular weight is 123 g/mol. The second-order valence-electron chi connectivity index (χ2n) is 2.48. The summed E-state index contributed by atoms with van der Waals surface area (Å²) in [5.41, 5.74) is -0.297. The van der Waals surface area contributed by atoms with Crippen LogP contribution in [-0.2, 0) is 0 Å². The molecule has 0 rings (SSSR count). The lowest BCUT2D eigenvalue weighted by molar-refractivity contribution is 0.507. The minimum absolute atomic E-state index is 0.297. The summed E-state index contributed by atoms with van der Waals surface area (Å²) in [5.74, 6) is 0. The Morgan fingerprint density at radius 3 is 2.44 bits per heavy atom. The van der Waals surface area contributed by atoms with Gasteiger partial charge in [0.1, 0.15) is 0 Å². The molecule has 0 fully saturated rings. The summed E-state index contributed by atoms with van der Waals surface area (Å²) in [6.07, 6.45) is 3.67. The predicted molar refractivity (Wildman–Crippen MR) is 38.8 cm³/mol. The topological polar surface area (TPSA) is 23.8 Å². The Kier molecular flexibility index (Phi) is 3.01. The van der Waals surface area contributed by atoms with Gasteiger partial charge < -0.3 is 0 Å². The molecule has 0 aromatic rings. The van der Waals surface area contributed by atoms with Gasteiger partial charge in [-0.2, -0.15) is 5.26 Å².